The average Bonchev–Trinajstić information content (AvgIpc) is 3.57. The molecule has 40 heavy (non-hydrogen) atoms. The minimum atomic E-state index is 0.696. The molecule has 6 aromatic carbocycles. The van der Waals surface area contributed by atoms with Crippen LogP contribution in [0.2, 0.25) is 0 Å². The molecule has 0 aliphatic heterocycles. The second-order valence-corrected chi connectivity index (χ2v) is 11.1. The third-order valence-electron chi connectivity index (χ3n) is 7.82. The zero-order chi connectivity index (χ0) is 26.6. The molecule has 0 aliphatic rings. The quantitative estimate of drug-likeness (QED) is 0.225. The Morgan fingerprint density at radius 2 is 1.25 bits per heavy atom. The first-order chi connectivity index (χ1) is 19.8. The van der Waals surface area contributed by atoms with Crippen LogP contribution in [0.1, 0.15) is 5.56 Å². The highest BCUT2D eigenvalue weighted by atomic mass is 32.1. The first kappa shape index (κ1) is 22.8. The van der Waals surface area contributed by atoms with Crippen molar-refractivity contribution in [3.63, 3.8) is 0 Å². The Hall–Kier alpha value is -5.17. The van der Waals surface area contributed by atoms with Crippen molar-refractivity contribution >= 4 is 53.3 Å². The largest absolute Gasteiger partial charge is 0.309 e. The molecule has 0 atom stereocenters. The molecule has 2 nitrogen and oxygen atoms in total. The molecule has 0 aliphatic carbocycles. The summed E-state index contributed by atoms with van der Waals surface area (Å²) in [5, 5.41) is 14.3. The zero-order valence-corrected chi connectivity index (χ0v) is 22.3. The van der Waals surface area contributed by atoms with E-state index in [0.717, 1.165) is 11.1 Å². The second kappa shape index (κ2) is 8.95. The summed E-state index contributed by atoms with van der Waals surface area (Å²) < 4.78 is 4.85. The van der Waals surface area contributed by atoms with Gasteiger partial charge in [0.25, 0.3) is 0 Å². The van der Waals surface area contributed by atoms with E-state index in [2.05, 4.69) is 132 Å². The fraction of sp³-hybridized carbons (Fsp3) is 0. The van der Waals surface area contributed by atoms with Crippen molar-refractivity contribution in [2.24, 2.45) is 0 Å². The Balaban J connectivity index is 1.38. The van der Waals surface area contributed by atoms with Crippen LogP contribution in [0, 0.1) is 11.3 Å². The van der Waals surface area contributed by atoms with Gasteiger partial charge in [-0.1, -0.05) is 91.0 Å². The van der Waals surface area contributed by atoms with Crippen LogP contribution in [0.4, 0.5) is 0 Å². The molecule has 0 amide bonds. The van der Waals surface area contributed by atoms with E-state index in [1.54, 1.807) is 11.3 Å². The smallest absolute Gasteiger partial charge is 0.0991 e. The van der Waals surface area contributed by atoms with Crippen LogP contribution in [-0.2, 0) is 0 Å². The Kier molecular flexibility index (Phi) is 5.10. The Bertz CT molecular complexity index is 2280. The third kappa shape index (κ3) is 3.41. The number of aromatic nitrogens is 1. The predicted octanol–water partition coefficient (Wildman–Crippen LogP) is 10.4. The van der Waals surface area contributed by atoms with Crippen molar-refractivity contribution in [1.29, 1.82) is 5.26 Å². The van der Waals surface area contributed by atoms with Gasteiger partial charge in [-0.2, -0.15) is 5.26 Å². The molecular weight excluding hydrogens is 504 g/mol. The minimum Gasteiger partial charge on any atom is -0.309 e. The van der Waals surface area contributed by atoms with Crippen molar-refractivity contribution in [1.82, 2.24) is 4.57 Å². The van der Waals surface area contributed by atoms with Gasteiger partial charge in [-0.3, -0.25) is 0 Å². The fourth-order valence-electron chi connectivity index (χ4n) is 6.05. The monoisotopic (exact) mass is 526 g/mol. The van der Waals surface area contributed by atoms with E-state index in [-0.39, 0.29) is 0 Å². The summed E-state index contributed by atoms with van der Waals surface area (Å²) in [6.45, 7) is 0. The van der Waals surface area contributed by atoms with Gasteiger partial charge in [-0.05, 0) is 59.2 Å². The predicted molar refractivity (Wildman–Crippen MR) is 169 cm³/mol. The van der Waals surface area contributed by atoms with Crippen LogP contribution in [0.25, 0.3) is 69.9 Å². The maximum Gasteiger partial charge on any atom is 0.0991 e. The summed E-state index contributed by atoms with van der Waals surface area (Å²) in [6, 6.07) is 49.6. The summed E-state index contributed by atoms with van der Waals surface area (Å²) in [7, 11) is 0. The maximum atomic E-state index is 9.44. The highest BCUT2D eigenvalue weighted by Gasteiger charge is 2.17. The molecule has 0 N–H and O–H groups in total. The van der Waals surface area contributed by atoms with E-state index in [0.29, 0.717) is 5.56 Å². The topological polar surface area (TPSA) is 28.7 Å². The molecule has 8 aromatic rings. The number of nitriles is 1. The lowest BCUT2D eigenvalue weighted by atomic mass is 9.96. The van der Waals surface area contributed by atoms with Gasteiger partial charge in [-0.25, -0.2) is 0 Å². The molecule has 0 unspecified atom stereocenters. The average molecular weight is 527 g/mol. The van der Waals surface area contributed by atoms with Crippen LogP contribution < -0.4 is 0 Å². The lowest BCUT2D eigenvalue weighted by Gasteiger charge is -2.13. The molecule has 186 valence electrons. The van der Waals surface area contributed by atoms with Crippen molar-refractivity contribution < 1.29 is 0 Å². The number of hydrogen-bond acceptors (Lipinski definition) is 2. The van der Waals surface area contributed by atoms with E-state index in [1.165, 1.54) is 58.8 Å². The third-order valence-corrected chi connectivity index (χ3v) is 9.04. The highest BCUT2D eigenvalue weighted by Crippen LogP contribution is 2.42. The number of benzene rings is 6. The van der Waals surface area contributed by atoms with Gasteiger partial charge < -0.3 is 4.57 Å². The lowest BCUT2D eigenvalue weighted by Crippen LogP contribution is -1.95. The summed E-state index contributed by atoms with van der Waals surface area (Å²) in [5.74, 6) is 0. The molecule has 0 saturated heterocycles. The van der Waals surface area contributed by atoms with E-state index < -0.39 is 0 Å². The van der Waals surface area contributed by atoms with Crippen molar-refractivity contribution in [3.05, 3.63) is 139 Å². The Morgan fingerprint density at radius 1 is 0.550 bits per heavy atom. The van der Waals surface area contributed by atoms with Crippen LogP contribution in [0.15, 0.2) is 133 Å². The van der Waals surface area contributed by atoms with Crippen molar-refractivity contribution in [2.45, 2.75) is 0 Å². The van der Waals surface area contributed by atoms with Crippen molar-refractivity contribution in [2.75, 3.05) is 0 Å². The molecule has 8 rings (SSSR count). The molecule has 0 spiro atoms. The number of hydrogen-bond donors (Lipinski definition) is 0. The van der Waals surface area contributed by atoms with Gasteiger partial charge in [0.05, 0.1) is 22.7 Å². The van der Waals surface area contributed by atoms with Crippen molar-refractivity contribution in [3.8, 4) is 34.0 Å². The number of fused-ring (bicyclic) bond motifs is 6. The van der Waals surface area contributed by atoms with Gasteiger partial charge >= 0.3 is 0 Å². The standard InChI is InChI=1S/C37H22N2S/c38-23-24-19-20-35-33(21-24)32-17-8-15-29(37(32)40-35)26-10-6-9-25(22-26)28-14-7-16-31-30-13-4-5-18-34(30)39(36(28)31)27-11-2-1-3-12-27/h1-22H. The van der Waals surface area contributed by atoms with Crippen LogP contribution in [0.5, 0.6) is 0 Å². The van der Waals surface area contributed by atoms with Crippen LogP contribution in [-0.4, -0.2) is 4.57 Å². The fourth-order valence-corrected chi connectivity index (χ4v) is 7.27. The van der Waals surface area contributed by atoms with Gasteiger partial charge in [-0.15, -0.1) is 11.3 Å². The second-order valence-electron chi connectivity index (χ2n) is 10.1. The first-order valence-corrected chi connectivity index (χ1v) is 14.2. The molecule has 0 radical (unpaired) electrons. The first-order valence-electron chi connectivity index (χ1n) is 13.3. The zero-order valence-electron chi connectivity index (χ0n) is 21.5. The Morgan fingerprint density at radius 3 is 2.10 bits per heavy atom. The van der Waals surface area contributed by atoms with E-state index >= 15 is 0 Å². The normalized spacial score (nSPS) is 11.5. The molecular formula is C37H22N2S. The van der Waals surface area contributed by atoms with Gasteiger partial charge in [0.1, 0.15) is 0 Å². The number of nitrogens with zero attached hydrogens (tertiary/aromatic N) is 2. The summed E-state index contributed by atoms with van der Waals surface area (Å²) >= 11 is 1.80. The van der Waals surface area contributed by atoms with E-state index in [4.69, 9.17) is 0 Å². The van der Waals surface area contributed by atoms with Gasteiger partial charge in [0.15, 0.2) is 0 Å². The van der Waals surface area contributed by atoms with Gasteiger partial charge in [0, 0.05) is 42.2 Å². The molecule has 0 fully saturated rings. The molecule has 2 heterocycles. The van der Waals surface area contributed by atoms with Crippen LogP contribution >= 0.6 is 11.3 Å². The van der Waals surface area contributed by atoms with E-state index in [1.807, 2.05) is 12.1 Å². The maximum absolute atomic E-state index is 9.44. The number of thiophene rings is 1. The summed E-state index contributed by atoms with van der Waals surface area (Å²) in [6.07, 6.45) is 0. The highest BCUT2D eigenvalue weighted by molar-refractivity contribution is 7.26. The minimum absolute atomic E-state index is 0.696. The molecule has 2 aromatic heterocycles. The number of rotatable bonds is 3. The van der Waals surface area contributed by atoms with E-state index in [9.17, 15) is 5.26 Å². The molecule has 3 heteroatoms. The summed E-state index contributed by atoms with van der Waals surface area (Å²) in [4.78, 5) is 0. The Labute approximate surface area is 235 Å². The summed E-state index contributed by atoms with van der Waals surface area (Å²) in [5.41, 5.74) is 9.08. The lowest BCUT2D eigenvalue weighted by molar-refractivity contribution is 1.18. The molecule has 0 saturated carbocycles. The SMILES string of the molecule is N#Cc1ccc2sc3c(-c4cccc(-c5cccc6c7ccccc7n(-c7ccccc7)c56)c4)cccc3c2c1. The number of para-hydroxylation sites is 3. The molecule has 0 bridgehead atoms. The van der Waals surface area contributed by atoms with Crippen LogP contribution in [0.3, 0.4) is 0 Å². The van der Waals surface area contributed by atoms with Gasteiger partial charge in [0.2, 0.25) is 0 Å².